The fraction of sp³-hybridized carbons (Fsp3) is 0.240. The van der Waals surface area contributed by atoms with Crippen LogP contribution >= 0.6 is 11.8 Å². The molecule has 1 aliphatic heterocycles. The molecule has 1 aliphatic rings. The molecule has 148 valence electrons. The Balaban J connectivity index is 1.63. The van der Waals surface area contributed by atoms with Crippen molar-refractivity contribution in [3.05, 3.63) is 89.5 Å². The van der Waals surface area contributed by atoms with Crippen molar-refractivity contribution >= 4 is 23.4 Å². The van der Waals surface area contributed by atoms with Crippen molar-refractivity contribution in [1.29, 1.82) is 0 Å². The number of benzene rings is 3. The normalized spacial score (nSPS) is 15.7. The minimum atomic E-state index is 0.0692. The smallest absolute Gasteiger partial charge is 0.259 e. The van der Waals surface area contributed by atoms with Crippen LogP contribution in [0.25, 0.3) is 0 Å². The van der Waals surface area contributed by atoms with Gasteiger partial charge in [0.15, 0.2) is 0 Å². The minimum absolute atomic E-state index is 0.0692. The molecule has 3 aromatic carbocycles. The van der Waals surface area contributed by atoms with Crippen LogP contribution in [0.4, 0.5) is 5.69 Å². The van der Waals surface area contributed by atoms with Crippen molar-refractivity contribution in [2.75, 3.05) is 12.0 Å². The van der Waals surface area contributed by atoms with Crippen LogP contribution in [0.1, 0.15) is 34.8 Å². The molecule has 0 saturated heterocycles. The first kappa shape index (κ1) is 19.6. The Morgan fingerprint density at radius 1 is 1.07 bits per heavy atom. The third-order valence-corrected chi connectivity index (χ3v) is 6.54. The lowest BCUT2D eigenvalue weighted by Crippen LogP contribution is -2.42. The summed E-state index contributed by atoms with van der Waals surface area (Å²) in [7, 11) is 1.68. The molecule has 0 N–H and O–H groups in total. The SMILES string of the molecule is COc1ccc2c(c1)CC[C@@H](C)N2C(=O)c1ccccc1SCc1ccccc1. The third-order valence-electron chi connectivity index (χ3n) is 5.39. The standard InChI is InChI=1S/C25H25NO2S/c1-18-12-13-20-16-21(28-2)14-15-23(20)26(18)25(27)22-10-6-7-11-24(22)29-17-19-8-4-3-5-9-19/h3-11,14-16,18H,12-13,17H2,1-2H3/t18-/m1/s1. The zero-order valence-electron chi connectivity index (χ0n) is 16.8. The molecule has 1 atom stereocenters. The van der Waals surface area contributed by atoms with Gasteiger partial charge in [-0.3, -0.25) is 4.79 Å². The molecule has 1 heterocycles. The van der Waals surface area contributed by atoms with Gasteiger partial charge < -0.3 is 9.64 Å². The molecule has 29 heavy (non-hydrogen) atoms. The van der Waals surface area contributed by atoms with Crippen molar-refractivity contribution in [3.8, 4) is 5.75 Å². The summed E-state index contributed by atoms with van der Waals surface area (Å²) in [6, 6.07) is 24.5. The Kier molecular flexibility index (Phi) is 5.91. The minimum Gasteiger partial charge on any atom is -0.497 e. The maximum absolute atomic E-state index is 13.6. The molecule has 0 saturated carbocycles. The molecule has 4 rings (SSSR count). The predicted octanol–water partition coefficient (Wildman–Crippen LogP) is 5.97. The van der Waals surface area contributed by atoms with Crippen LogP contribution in [-0.2, 0) is 12.2 Å². The van der Waals surface area contributed by atoms with Crippen molar-refractivity contribution in [3.63, 3.8) is 0 Å². The summed E-state index contributed by atoms with van der Waals surface area (Å²) in [5.74, 6) is 1.75. The molecule has 0 fully saturated rings. The molecular formula is C25H25NO2S. The molecule has 0 bridgehead atoms. The first-order chi connectivity index (χ1) is 14.2. The molecular weight excluding hydrogens is 378 g/mol. The molecule has 3 aromatic rings. The summed E-state index contributed by atoms with van der Waals surface area (Å²) in [5.41, 5.74) is 4.19. The number of nitrogens with zero attached hydrogens (tertiary/aromatic N) is 1. The number of carbonyl (C=O) groups excluding carboxylic acids is 1. The molecule has 0 unspecified atom stereocenters. The number of carbonyl (C=O) groups is 1. The van der Waals surface area contributed by atoms with Gasteiger partial charge in [0.05, 0.1) is 12.7 Å². The van der Waals surface area contributed by atoms with Gasteiger partial charge in [-0.1, -0.05) is 42.5 Å². The van der Waals surface area contributed by atoms with Crippen molar-refractivity contribution < 1.29 is 9.53 Å². The summed E-state index contributed by atoms with van der Waals surface area (Å²) in [5, 5.41) is 0. The quantitative estimate of drug-likeness (QED) is 0.492. The van der Waals surface area contributed by atoms with E-state index in [4.69, 9.17) is 4.74 Å². The highest BCUT2D eigenvalue weighted by molar-refractivity contribution is 7.98. The van der Waals surface area contributed by atoms with Crippen molar-refractivity contribution in [2.45, 2.75) is 36.5 Å². The van der Waals surface area contributed by atoms with Crippen molar-refractivity contribution in [1.82, 2.24) is 0 Å². The van der Waals surface area contributed by atoms with Gasteiger partial charge in [-0.2, -0.15) is 0 Å². The summed E-state index contributed by atoms with van der Waals surface area (Å²) in [6.07, 6.45) is 1.91. The first-order valence-electron chi connectivity index (χ1n) is 9.93. The van der Waals surface area contributed by atoms with Crippen LogP contribution in [0.5, 0.6) is 5.75 Å². The summed E-state index contributed by atoms with van der Waals surface area (Å²) < 4.78 is 5.37. The van der Waals surface area contributed by atoms with Gasteiger partial charge in [0.2, 0.25) is 0 Å². The Hall–Kier alpha value is -2.72. The number of rotatable bonds is 5. The van der Waals surface area contributed by atoms with Gasteiger partial charge in [0.25, 0.3) is 5.91 Å². The molecule has 0 radical (unpaired) electrons. The lowest BCUT2D eigenvalue weighted by Gasteiger charge is -2.36. The van der Waals surface area contributed by atoms with E-state index in [0.717, 1.165) is 40.5 Å². The van der Waals surface area contributed by atoms with Gasteiger partial charge in [-0.05, 0) is 61.2 Å². The Bertz CT molecular complexity index is 1000. The topological polar surface area (TPSA) is 29.5 Å². The van der Waals surface area contributed by atoms with E-state index in [1.807, 2.05) is 59.5 Å². The van der Waals surface area contributed by atoms with Crippen LogP contribution in [-0.4, -0.2) is 19.1 Å². The Morgan fingerprint density at radius 3 is 2.62 bits per heavy atom. The van der Waals surface area contributed by atoms with Crippen LogP contribution < -0.4 is 9.64 Å². The highest BCUT2D eigenvalue weighted by Gasteiger charge is 2.30. The number of hydrogen-bond donors (Lipinski definition) is 0. The second kappa shape index (κ2) is 8.75. The van der Waals surface area contributed by atoms with E-state index in [1.54, 1.807) is 18.9 Å². The second-order valence-electron chi connectivity index (χ2n) is 7.33. The van der Waals surface area contributed by atoms with E-state index in [1.165, 1.54) is 11.1 Å². The van der Waals surface area contributed by atoms with Crippen LogP contribution in [0.2, 0.25) is 0 Å². The number of methoxy groups -OCH3 is 1. The maximum Gasteiger partial charge on any atom is 0.259 e. The summed E-state index contributed by atoms with van der Waals surface area (Å²) >= 11 is 1.71. The maximum atomic E-state index is 13.6. The fourth-order valence-electron chi connectivity index (χ4n) is 3.80. The van der Waals surface area contributed by atoms with E-state index in [0.29, 0.717) is 0 Å². The van der Waals surface area contributed by atoms with Crippen LogP contribution in [0.15, 0.2) is 77.7 Å². The molecule has 0 aliphatic carbocycles. The number of thioether (sulfide) groups is 1. The van der Waals surface area contributed by atoms with Gasteiger partial charge in [-0.15, -0.1) is 11.8 Å². The van der Waals surface area contributed by atoms with E-state index < -0.39 is 0 Å². The van der Waals surface area contributed by atoms with Crippen LogP contribution in [0, 0.1) is 0 Å². The number of ether oxygens (including phenoxy) is 1. The van der Waals surface area contributed by atoms with Gasteiger partial charge in [0.1, 0.15) is 5.75 Å². The Morgan fingerprint density at radius 2 is 1.83 bits per heavy atom. The summed E-state index contributed by atoms with van der Waals surface area (Å²) in [6.45, 7) is 2.13. The highest BCUT2D eigenvalue weighted by Crippen LogP contribution is 2.36. The second-order valence-corrected chi connectivity index (χ2v) is 8.35. The molecule has 4 heteroatoms. The fourth-order valence-corrected chi connectivity index (χ4v) is 4.80. The number of amides is 1. The monoisotopic (exact) mass is 403 g/mol. The molecule has 3 nitrogen and oxygen atoms in total. The molecule has 1 amide bonds. The number of aryl methyl sites for hydroxylation is 1. The van der Waals surface area contributed by atoms with Crippen LogP contribution in [0.3, 0.4) is 0 Å². The van der Waals surface area contributed by atoms with Gasteiger partial charge in [0, 0.05) is 22.4 Å². The van der Waals surface area contributed by atoms with E-state index in [2.05, 4.69) is 25.1 Å². The van der Waals surface area contributed by atoms with Crippen molar-refractivity contribution in [2.24, 2.45) is 0 Å². The molecule has 0 spiro atoms. The average molecular weight is 404 g/mol. The lowest BCUT2D eigenvalue weighted by atomic mass is 9.95. The van der Waals surface area contributed by atoms with Gasteiger partial charge >= 0.3 is 0 Å². The first-order valence-corrected chi connectivity index (χ1v) is 10.9. The third kappa shape index (κ3) is 4.18. The Labute approximate surface area is 176 Å². The lowest BCUT2D eigenvalue weighted by molar-refractivity contribution is 0.0972. The zero-order chi connectivity index (χ0) is 20.2. The van der Waals surface area contributed by atoms with E-state index in [9.17, 15) is 4.79 Å². The number of anilines is 1. The summed E-state index contributed by atoms with van der Waals surface area (Å²) in [4.78, 5) is 16.6. The predicted molar refractivity (Wildman–Crippen MR) is 120 cm³/mol. The van der Waals surface area contributed by atoms with E-state index >= 15 is 0 Å². The van der Waals surface area contributed by atoms with Gasteiger partial charge in [-0.25, -0.2) is 0 Å². The largest absolute Gasteiger partial charge is 0.497 e. The number of hydrogen-bond acceptors (Lipinski definition) is 3. The highest BCUT2D eigenvalue weighted by atomic mass is 32.2. The average Bonchev–Trinajstić information content (AvgIpc) is 2.78. The molecule has 0 aromatic heterocycles. The zero-order valence-corrected chi connectivity index (χ0v) is 17.6. The number of fused-ring (bicyclic) bond motifs is 1. The van der Waals surface area contributed by atoms with E-state index in [-0.39, 0.29) is 11.9 Å².